The quantitative estimate of drug-likeness (QED) is 0.587. The summed E-state index contributed by atoms with van der Waals surface area (Å²) in [4.78, 5) is 10.6. The van der Waals surface area contributed by atoms with Gasteiger partial charge in [-0.25, -0.2) is 0 Å². The van der Waals surface area contributed by atoms with Gasteiger partial charge < -0.3 is 10.4 Å². The number of hydrogen-bond donors (Lipinski definition) is 2. The maximum Gasteiger partial charge on any atom is 0.217 e. The van der Waals surface area contributed by atoms with Crippen molar-refractivity contribution < 1.29 is 9.90 Å². The molecule has 0 saturated heterocycles. The van der Waals surface area contributed by atoms with E-state index in [4.69, 9.17) is 5.11 Å². The van der Waals surface area contributed by atoms with Gasteiger partial charge in [0.25, 0.3) is 0 Å². The van der Waals surface area contributed by atoms with Gasteiger partial charge in [-0.15, -0.1) is 0 Å². The molecule has 3 heteroatoms. The zero-order valence-electron chi connectivity index (χ0n) is 6.37. The van der Waals surface area contributed by atoms with E-state index in [1.807, 2.05) is 0 Å². The minimum absolute atomic E-state index is 0.0448. The molecule has 0 heterocycles. The maximum absolute atomic E-state index is 10.6. The lowest BCUT2D eigenvalue weighted by molar-refractivity contribution is -0.119. The molecule has 11 heavy (non-hydrogen) atoms. The van der Waals surface area contributed by atoms with Crippen molar-refractivity contribution in [3.05, 3.63) is 24.0 Å². The highest BCUT2D eigenvalue weighted by Crippen LogP contribution is 2.07. The van der Waals surface area contributed by atoms with E-state index >= 15 is 0 Å². The van der Waals surface area contributed by atoms with E-state index in [2.05, 4.69) is 5.32 Å². The van der Waals surface area contributed by atoms with Gasteiger partial charge in [0.15, 0.2) is 0 Å². The Kier molecular flexibility index (Phi) is 2.31. The Balaban J connectivity index is 2.43. The molecule has 1 atom stereocenters. The Morgan fingerprint density at radius 2 is 2.55 bits per heavy atom. The van der Waals surface area contributed by atoms with Crippen molar-refractivity contribution in [2.24, 2.45) is 0 Å². The van der Waals surface area contributed by atoms with Crippen LogP contribution >= 0.6 is 0 Å². The minimum atomic E-state index is -0.0468. The lowest BCUT2D eigenvalue weighted by Gasteiger charge is -2.14. The summed E-state index contributed by atoms with van der Waals surface area (Å²) in [6.45, 7) is 1.48. The summed E-state index contributed by atoms with van der Waals surface area (Å²) >= 11 is 0. The van der Waals surface area contributed by atoms with Gasteiger partial charge in [0.2, 0.25) is 5.91 Å². The highest BCUT2D eigenvalue weighted by Gasteiger charge is 2.07. The van der Waals surface area contributed by atoms with Gasteiger partial charge in [0, 0.05) is 6.92 Å². The number of amides is 1. The Morgan fingerprint density at radius 3 is 3.00 bits per heavy atom. The van der Waals surface area contributed by atoms with E-state index in [0.717, 1.165) is 0 Å². The largest absolute Gasteiger partial charge is 0.508 e. The molecule has 0 aromatic rings. The SMILES string of the molecule is CC(=O)NC1C=CC(O)=CC1. The number of aliphatic hydroxyl groups is 1. The molecule has 0 spiro atoms. The van der Waals surface area contributed by atoms with Gasteiger partial charge >= 0.3 is 0 Å². The number of allylic oxidation sites excluding steroid dienone is 1. The lowest BCUT2D eigenvalue weighted by atomic mass is 10.1. The van der Waals surface area contributed by atoms with Crippen LogP contribution in [0.2, 0.25) is 0 Å². The summed E-state index contributed by atoms with van der Waals surface area (Å²) in [5.41, 5.74) is 0. The molecule has 0 saturated carbocycles. The molecule has 1 unspecified atom stereocenters. The fourth-order valence-electron chi connectivity index (χ4n) is 0.977. The van der Waals surface area contributed by atoms with E-state index in [9.17, 15) is 4.79 Å². The monoisotopic (exact) mass is 153 g/mol. The third-order valence-corrected chi connectivity index (χ3v) is 1.47. The van der Waals surface area contributed by atoms with Crippen molar-refractivity contribution in [1.82, 2.24) is 5.32 Å². The normalized spacial score (nSPS) is 22.6. The number of rotatable bonds is 1. The zero-order valence-corrected chi connectivity index (χ0v) is 6.37. The van der Waals surface area contributed by atoms with Crippen molar-refractivity contribution in [1.29, 1.82) is 0 Å². The second kappa shape index (κ2) is 3.23. The molecule has 3 nitrogen and oxygen atoms in total. The van der Waals surface area contributed by atoms with E-state index in [-0.39, 0.29) is 17.7 Å². The van der Waals surface area contributed by atoms with Crippen molar-refractivity contribution in [3.63, 3.8) is 0 Å². The lowest BCUT2D eigenvalue weighted by Crippen LogP contribution is -2.31. The first-order chi connectivity index (χ1) is 5.18. The van der Waals surface area contributed by atoms with Crippen molar-refractivity contribution >= 4 is 5.91 Å². The summed E-state index contributed by atoms with van der Waals surface area (Å²) in [7, 11) is 0. The molecule has 0 fully saturated rings. The minimum Gasteiger partial charge on any atom is -0.508 e. The van der Waals surface area contributed by atoms with Crippen LogP contribution in [0.5, 0.6) is 0 Å². The average molecular weight is 153 g/mol. The van der Waals surface area contributed by atoms with Crippen LogP contribution in [-0.4, -0.2) is 17.1 Å². The van der Waals surface area contributed by atoms with E-state index in [0.29, 0.717) is 6.42 Å². The fourth-order valence-corrected chi connectivity index (χ4v) is 0.977. The van der Waals surface area contributed by atoms with Gasteiger partial charge in [-0.05, 0) is 18.6 Å². The Bertz CT molecular complexity index is 218. The summed E-state index contributed by atoms with van der Waals surface area (Å²) in [6.07, 6.45) is 5.71. The molecule has 0 aromatic heterocycles. The number of carbonyl (C=O) groups is 1. The van der Waals surface area contributed by atoms with Crippen LogP contribution in [0.4, 0.5) is 0 Å². The average Bonchev–Trinajstić information content (AvgIpc) is 1.93. The van der Waals surface area contributed by atoms with Gasteiger partial charge in [0.05, 0.1) is 6.04 Å². The van der Waals surface area contributed by atoms with Crippen LogP contribution in [0.25, 0.3) is 0 Å². The van der Waals surface area contributed by atoms with Crippen LogP contribution in [0.3, 0.4) is 0 Å². The number of aliphatic hydroxyl groups excluding tert-OH is 1. The van der Waals surface area contributed by atoms with Crippen LogP contribution in [0.1, 0.15) is 13.3 Å². The highest BCUT2D eigenvalue weighted by atomic mass is 16.3. The molecule has 0 radical (unpaired) electrons. The first-order valence-electron chi connectivity index (χ1n) is 3.53. The third kappa shape index (κ3) is 2.45. The zero-order chi connectivity index (χ0) is 8.27. The highest BCUT2D eigenvalue weighted by molar-refractivity contribution is 5.73. The van der Waals surface area contributed by atoms with Crippen LogP contribution in [0.15, 0.2) is 24.0 Å². The van der Waals surface area contributed by atoms with Gasteiger partial charge in [0.1, 0.15) is 5.76 Å². The molecular formula is C8H11NO2. The molecule has 0 aliphatic heterocycles. The molecule has 60 valence electrons. The second-order valence-corrected chi connectivity index (χ2v) is 2.53. The van der Waals surface area contributed by atoms with Crippen LogP contribution < -0.4 is 5.32 Å². The number of nitrogens with one attached hydrogen (secondary N) is 1. The molecule has 1 amide bonds. The molecule has 2 N–H and O–H groups in total. The van der Waals surface area contributed by atoms with Gasteiger partial charge in [-0.1, -0.05) is 6.08 Å². The molecule has 0 bridgehead atoms. The van der Waals surface area contributed by atoms with Crippen LogP contribution in [0, 0.1) is 0 Å². The smallest absolute Gasteiger partial charge is 0.217 e. The number of hydrogen-bond acceptors (Lipinski definition) is 2. The summed E-state index contributed by atoms with van der Waals surface area (Å²) < 4.78 is 0. The molecule has 1 rings (SSSR count). The third-order valence-electron chi connectivity index (χ3n) is 1.47. The summed E-state index contributed by atoms with van der Waals surface area (Å²) in [5, 5.41) is 11.6. The van der Waals surface area contributed by atoms with Crippen molar-refractivity contribution in [3.8, 4) is 0 Å². The number of carbonyl (C=O) groups excluding carboxylic acids is 1. The van der Waals surface area contributed by atoms with Gasteiger partial charge in [-0.2, -0.15) is 0 Å². The Labute approximate surface area is 65.4 Å². The fraction of sp³-hybridized carbons (Fsp3) is 0.375. The van der Waals surface area contributed by atoms with E-state index in [1.54, 1.807) is 18.2 Å². The molecule has 1 aliphatic rings. The maximum atomic E-state index is 10.6. The Morgan fingerprint density at radius 1 is 1.82 bits per heavy atom. The van der Waals surface area contributed by atoms with Crippen molar-refractivity contribution in [2.75, 3.05) is 0 Å². The summed E-state index contributed by atoms with van der Waals surface area (Å²) in [6, 6.07) is 0.0448. The molecular weight excluding hydrogens is 142 g/mol. The predicted octanol–water partition coefficient (Wildman–Crippen LogP) is 0.893. The van der Waals surface area contributed by atoms with E-state index < -0.39 is 0 Å². The first-order valence-corrected chi connectivity index (χ1v) is 3.53. The summed E-state index contributed by atoms with van der Waals surface area (Å²) in [5.74, 6) is 0.223. The van der Waals surface area contributed by atoms with E-state index in [1.165, 1.54) is 6.92 Å². The standard InChI is InChI=1S/C8H11NO2/c1-6(10)9-7-2-4-8(11)5-3-7/h2,4-5,7,11H,3H2,1H3,(H,9,10). The topological polar surface area (TPSA) is 49.3 Å². The molecule has 0 aromatic carbocycles. The Hall–Kier alpha value is -1.25. The first kappa shape index (κ1) is 7.85. The predicted molar refractivity (Wildman–Crippen MR) is 42.1 cm³/mol. The molecule has 1 aliphatic carbocycles. The van der Waals surface area contributed by atoms with Crippen LogP contribution in [-0.2, 0) is 4.79 Å². The van der Waals surface area contributed by atoms with Crippen molar-refractivity contribution in [2.45, 2.75) is 19.4 Å². The second-order valence-electron chi connectivity index (χ2n) is 2.53. The van der Waals surface area contributed by atoms with Gasteiger partial charge in [-0.3, -0.25) is 4.79 Å².